The smallest absolute Gasteiger partial charge is 0.151 e. The van der Waals surface area contributed by atoms with E-state index in [-0.39, 0.29) is 5.92 Å². The number of aliphatic hydroxyl groups excluding tert-OH is 1. The van der Waals surface area contributed by atoms with E-state index in [1.807, 2.05) is 33.8 Å². The van der Waals surface area contributed by atoms with Gasteiger partial charge in [0.05, 0.1) is 11.6 Å². The number of aryl methyl sites for hydroxylation is 1. The van der Waals surface area contributed by atoms with Crippen LogP contribution in [0.4, 0.5) is 5.69 Å². The van der Waals surface area contributed by atoms with Gasteiger partial charge in [-0.1, -0.05) is 22.9 Å². The van der Waals surface area contributed by atoms with Crippen LogP contribution in [0.2, 0.25) is 0 Å². The molecule has 4 heteroatoms. The van der Waals surface area contributed by atoms with Gasteiger partial charge >= 0.3 is 0 Å². The van der Waals surface area contributed by atoms with E-state index in [0.29, 0.717) is 5.56 Å². The van der Waals surface area contributed by atoms with E-state index in [4.69, 9.17) is 0 Å². The van der Waals surface area contributed by atoms with Crippen molar-refractivity contribution in [1.82, 2.24) is 0 Å². The molecule has 0 aromatic heterocycles. The van der Waals surface area contributed by atoms with Crippen LogP contribution in [0.25, 0.3) is 0 Å². The Balaban J connectivity index is 2.74. The molecule has 0 radical (unpaired) electrons. The molecule has 18 heavy (non-hydrogen) atoms. The number of anilines is 1. The Bertz CT molecular complexity index is 511. The number of halogens is 1. The van der Waals surface area contributed by atoms with Gasteiger partial charge in [-0.05, 0) is 38.0 Å². The fourth-order valence-electron chi connectivity index (χ4n) is 2.75. The number of hydrogen-bond donors (Lipinski definition) is 2. The molecule has 1 aliphatic heterocycles. The lowest BCUT2D eigenvalue weighted by molar-refractivity contribution is 0.0862. The van der Waals surface area contributed by atoms with Gasteiger partial charge in [0.15, 0.2) is 6.29 Å². The number of aliphatic hydroxyl groups is 1. The first-order valence-electron chi connectivity index (χ1n) is 6.04. The minimum Gasteiger partial charge on any atom is -0.390 e. The van der Waals surface area contributed by atoms with Gasteiger partial charge in [0.25, 0.3) is 0 Å². The number of nitrogens with one attached hydrogen (secondary N) is 1. The first kappa shape index (κ1) is 13.6. The van der Waals surface area contributed by atoms with Crippen molar-refractivity contribution in [2.24, 2.45) is 0 Å². The summed E-state index contributed by atoms with van der Waals surface area (Å²) < 4.78 is 0.786. The number of fused-ring (bicyclic) bond motifs is 1. The van der Waals surface area contributed by atoms with E-state index in [1.54, 1.807) is 0 Å². The minimum absolute atomic E-state index is 0.0763. The zero-order valence-corrected chi connectivity index (χ0v) is 12.6. The Labute approximate surface area is 116 Å². The van der Waals surface area contributed by atoms with Crippen LogP contribution in [0.5, 0.6) is 0 Å². The molecule has 3 nitrogen and oxygen atoms in total. The standard InChI is InChI=1S/C14H18BrNO2/c1-7-5-10(15)9(6-17)11-8(2)13(18)14(3,4)16-12(7)11/h5-6,8,13,16,18H,1-4H3/t8-,13+/m1/s1. The SMILES string of the molecule is Cc1cc(Br)c(C=O)c2c1NC(C)(C)[C@@H](O)[C@@H]2C. The Morgan fingerprint density at radius 1 is 1.50 bits per heavy atom. The maximum atomic E-state index is 11.3. The van der Waals surface area contributed by atoms with Crippen molar-refractivity contribution in [1.29, 1.82) is 0 Å². The number of benzene rings is 1. The molecule has 2 N–H and O–H groups in total. The Morgan fingerprint density at radius 3 is 2.67 bits per heavy atom. The number of carbonyl (C=O) groups excluding carboxylic acids is 1. The van der Waals surface area contributed by atoms with Crippen molar-refractivity contribution in [3.8, 4) is 0 Å². The Hall–Kier alpha value is -0.870. The zero-order chi connectivity index (χ0) is 13.7. The highest BCUT2D eigenvalue weighted by atomic mass is 79.9. The largest absolute Gasteiger partial charge is 0.390 e. The number of rotatable bonds is 1. The molecule has 98 valence electrons. The van der Waals surface area contributed by atoms with Gasteiger partial charge in [-0.2, -0.15) is 0 Å². The number of hydrogen-bond acceptors (Lipinski definition) is 3. The summed E-state index contributed by atoms with van der Waals surface area (Å²) in [4.78, 5) is 11.3. The molecule has 0 fully saturated rings. The van der Waals surface area contributed by atoms with Gasteiger partial charge in [-0.3, -0.25) is 4.79 Å². The van der Waals surface area contributed by atoms with E-state index in [1.165, 1.54) is 0 Å². The highest BCUT2D eigenvalue weighted by Gasteiger charge is 2.40. The lowest BCUT2D eigenvalue weighted by Crippen LogP contribution is -2.50. The molecule has 1 heterocycles. The van der Waals surface area contributed by atoms with E-state index >= 15 is 0 Å². The number of aldehydes is 1. The third-order valence-corrected chi connectivity index (χ3v) is 4.44. The average molecular weight is 312 g/mol. The highest BCUT2D eigenvalue weighted by Crippen LogP contribution is 2.44. The monoisotopic (exact) mass is 311 g/mol. The van der Waals surface area contributed by atoms with Crippen molar-refractivity contribution in [3.63, 3.8) is 0 Å². The first-order chi connectivity index (χ1) is 8.29. The normalized spacial score (nSPS) is 25.2. The third kappa shape index (κ3) is 1.88. The molecule has 1 aromatic carbocycles. The second-order valence-corrected chi connectivity index (χ2v) is 6.43. The molecular formula is C14H18BrNO2. The quantitative estimate of drug-likeness (QED) is 0.783. The molecule has 0 spiro atoms. The fraction of sp³-hybridized carbons (Fsp3) is 0.500. The van der Waals surface area contributed by atoms with Crippen LogP contribution < -0.4 is 5.32 Å². The summed E-state index contributed by atoms with van der Waals surface area (Å²) in [6, 6.07) is 1.94. The minimum atomic E-state index is -0.530. The molecule has 2 atom stereocenters. The van der Waals surface area contributed by atoms with Crippen LogP contribution >= 0.6 is 15.9 Å². The molecule has 0 aliphatic carbocycles. The van der Waals surface area contributed by atoms with E-state index in [9.17, 15) is 9.90 Å². The van der Waals surface area contributed by atoms with Gasteiger partial charge in [-0.25, -0.2) is 0 Å². The summed E-state index contributed by atoms with van der Waals surface area (Å²) >= 11 is 3.42. The average Bonchev–Trinajstić information content (AvgIpc) is 2.28. The maximum Gasteiger partial charge on any atom is 0.151 e. The van der Waals surface area contributed by atoms with Gasteiger partial charge in [-0.15, -0.1) is 0 Å². The molecule has 0 bridgehead atoms. The van der Waals surface area contributed by atoms with Crippen molar-refractivity contribution in [2.45, 2.75) is 45.3 Å². The Morgan fingerprint density at radius 2 is 2.11 bits per heavy atom. The summed E-state index contributed by atoms with van der Waals surface area (Å²) in [6.45, 7) is 7.91. The van der Waals surface area contributed by atoms with Crippen LogP contribution in [-0.2, 0) is 0 Å². The summed E-state index contributed by atoms with van der Waals surface area (Å²) in [5.41, 5.74) is 3.19. The molecule has 2 rings (SSSR count). The van der Waals surface area contributed by atoms with E-state index in [2.05, 4.69) is 21.2 Å². The topological polar surface area (TPSA) is 49.3 Å². The summed E-state index contributed by atoms with van der Waals surface area (Å²) in [7, 11) is 0. The third-order valence-electron chi connectivity index (χ3n) is 3.79. The van der Waals surface area contributed by atoms with Gasteiger partial charge in [0.1, 0.15) is 0 Å². The van der Waals surface area contributed by atoms with Gasteiger partial charge in [0, 0.05) is 21.6 Å². The zero-order valence-electron chi connectivity index (χ0n) is 11.0. The van der Waals surface area contributed by atoms with Crippen molar-refractivity contribution >= 4 is 27.9 Å². The van der Waals surface area contributed by atoms with Crippen LogP contribution in [0, 0.1) is 6.92 Å². The molecule has 1 aromatic rings. The second-order valence-electron chi connectivity index (χ2n) is 5.58. The molecule has 0 saturated carbocycles. The molecule has 0 unspecified atom stereocenters. The summed E-state index contributed by atoms with van der Waals surface area (Å²) in [5.74, 6) is -0.0763. The van der Waals surface area contributed by atoms with Crippen molar-refractivity contribution < 1.29 is 9.90 Å². The fourth-order valence-corrected chi connectivity index (χ4v) is 3.40. The van der Waals surface area contributed by atoms with E-state index in [0.717, 1.165) is 27.6 Å². The van der Waals surface area contributed by atoms with E-state index < -0.39 is 11.6 Å². The lowest BCUT2D eigenvalue weighted by Gasteiger charge is -2.43. The van der Waals surface area contributed by atoms with Crippen LogP contribution in [0.1, 0.15) is 48.2 Å². The number of carbonyl (C=O) groups is 1. The van der Waals surface area contributed by atoms with Gasteiger partial charge < -0.3 is 10.4 Å². The van der Waals surface area contributed by atoms with Crippen LogP contribution in [0.15, 0.2) is 10.5 Å². The lowest BCUT2D eigenvalue weighted by atomic mass is 9.76. The molecule has 1 aliphatic rings. The summed E-state index contributed by atoms with van der Waals surface area (Å²) in [6.07, 6.45) is 0.323. The molecule has 0 saturated heterocycles. The second kappa shape index (κ2) is 4.35. The summed E-state index contributed by atoms with van der Waals surface area (Å²) in [5, 5.41) is 13.7. The molecular weight excluding hydrogens is 294 g/mol. The van der Waals surface area contributed by atoms with Crippen molar-refractivity contribution in [2.75, 3.05) is 5.32 Å². The van der Waals surface area contributed by atoms with Crippen LogP contribution in [-0.4, -0.2) is 23.0 Å². The van der Waals surface area contributed by atoms with Crippen molar-refractivity contribution in [3.05, 3.63) is 27.2 Å². The Kier molecular flexibility index (Phi) is 3.28. The van der Waals surface area contributed by atoms with Gasteiger partial charge in [0.2, 0.25) is 0 Å². The maximum absolute atomic E-state index is 11.3. The predicted molar refractivity (Wildman–Crippen MR) is 76.4 cm³/mol. The predicted octanol–water partition coefficient (Wildman–Crippen LogP) is 3.24. The highest BCUT2D eigenvalue weighted by molar-refractivity contribution is 9.10. The molecule has 0 amide bonds. The van der Waals surface area contributed by atoms with Crippen LogP contribution in [0.3, 0.4) is 0 Å². The first-order valence-corrected chi connectivity index (χ1v) is 6.83.